The van der Waals surface area contributed by atoms with Crippen LogP contribution in [0.4, 0.5) is 0 Å². The Morgan fingerprint density at radius 3 is 2.67 bits per heavy atom. The SMILES string of the molecule is CC(C[C@@H](N)C(=O)O)CN(C(=O)CCc1ccc2c(c1)OOC2)C(=O)c1cc(Cl)ccc1Cl. The third-order valence-electron chi connectivity index (χ3n) is 5.30. The quantitative estimate of drug-likeness (QED) is 0.507. The van der Waals surface area contributed by atoms with Gasteiger partial charge in [0.2, 0.25) is 5.91 Å². The first-order chi connectivity index (χ1) is 15.7. The molecular weight excluding hydrogens is 471 g/mol. The van der Waals surface area contributed by atoms with E-state index in [4.69, 9.17) is 43.8 Å². The van der Waals surface area contributed by atoms with Crippen molar-refractivity contribution in [1.29, 1.82) is 0 Å². The predicted octanol–water partition coefficient (Wildman–Crippen LogP) is 3.86. The molecule has 10 heteroatoms. The molecular formula is C23H24Cl2N2O6. The fourth-order valence-corrected chi connectivity index (χ4v) is 3.89. The van der Waals surface area contributed by atoms with E-state index in [-0.39, 0.29) is 35.9 Å². The van der Waals surface area contributed by atoms with Crippen LogP contribution >= 0.6 is 23.2 Å². The first-order valence-corrected chi connectivity index (χ1v) is 11.1. The van der Waals surface area contributed by atoms with E-state index in [1.807, 2.05) is 12.1 Å². The Bertz CT molecular complexity index is 1060. The predicted molar refractivity (Wildman–Crippen MR) is 122 cm³/mol. The standard InChI is InChI=1S/C23H24Cl2N2O6/c1-13(8-19(26)23(30)31)11-27(22(29)17-10-16(24)5-6-18(17)25)21(28)7-3-14-2-4-15-12-32-33-20(15)9-14/h2,4-6,9-10,13,19H,3,7-8,11-12,26H2,1H3,(H,30,31)/t13?,19-/m1/s1. The molecule has 2 aromatic rings. The van der Waals surface area contributed by atoms with Crippen molar-refractivity contribution >= 4 is 41.0 Å². The van der Waals surface area contributed by atoms with Gasteiger partial charge in [-0.15, -0.1) is 0 Å². The zero-order chi connectivity index (χ0) is 24.1. The normalized spacial score (nSPS) is 14.2. The van der Waals surface area contributed by atoms with Crippen LogP contribution in [0, 0.1) is 5.92 Å². The average molecular weight is 495 g/mol. The van der Waals surface area contributed by atoms with Gasteiger partial charge in [0, 0.05) is 23.6 Å². The van der Waals surface area contributed by atoms with Crippen molar-refractivity contribution < 1.29 is 29.3 Å². The Morgan fingerprint density at radius 1 is 1.18 bits per heavy atom. The van der Waals surface area contributed by atoms with E-state index in [0.717, 1.165) is 16.0 Å². The van der Waals surface area contributed by atoms with Gasteiger partial charge in [-0.25, -0.2) is 0 Å². The number of carbonyl (C=O) groups is 3. The van der Waals surface area contributed by atoms with Crippen LogP contribution in [0.3, 0.4) is 0 Å². The fraction of sp³-hybridized carbons (Fsp3) is 0.348. The molecule has 2 aromatic carbocycles. The number of imide groups is 1. The number of nitrogens with two attached hydrogens (primary N) is 1. The second-order valence-electron chi connectivity index (χ2n) is 8.01. The number of benzene rings is 2. The lowest BCUT2D eigenvalue weighted by molar-refractivity contribution is -0.194. The maximum atomic E-state index is 13.3. The molecule has 0 saturated heterocycles. The molecule has 3 rings (SSSR count). The summed E-state index contributed by atoms with van der Waals surface area (Å²) in [4.78, 5) is 48.6. The van der Waals surface area contributed by atoms with Crippen LogP contribution in [-0.4, -0.2) is 40.4 Å². The summed E-state index contributed by atoms with van der Waals surface area (Å²) in [5.74, 6) is -1.92. The van der Waals surface area contributed by atoms with E-state index >= 15 is 0 Å². The van der Waals surface area contributed by atoms with E-state index in [1.54, 1.807) is 19.1 Å². The largest absolute Gasteiger partial charge is 0.480 e. The molecule has 0 radical (unpaired) electrons. The number of carboxylic acids is 1. The number of nitrogens with zero attached hydrogens (tertiary/aromatic N) is 1. The number of amides is 2. The first kappa shape index (κ1) is 25.0. The van der Waals surface area contributed by atoms with Crippen molar-refractivity contribution in [2.75, 3.05) is 6.54 Å². The third-order valence-corrected chi connectivity index (χ3v) is 5.86. The molecule has 1 aliphatic heterocycles. The molecule has 176 valence electrons. The number of fused-ring (bicyclic) bond motifs is 1. The Morgan fingerprint density at radius 2 is 1.94 bits per heavy atom. The van der Waals surface area contributed by atoms with Gasteiger partial charge in [-0.2, -0.15) is 4.89 Å². The van der Waals surface area contributed by atoms with Gasteiger partial charge >= 0.3 is 5.97 Å². The van der Waals surface area contributed by atoms with Crippen LogP contribution in [0.2, 0.25) is 10.0 Å². The Labute approximate surface area is 201 Å². The van der Waals surface area contributed by atoms with Crippen molar-refractivity contribution in [2.24, 2.45) is 11.7 Å². The lowest BCUT2D eigenvalue weighted by Gasteiger charge is -2.26. The zero-order valence-electron chi connectivity index (χ0n) is 17.9. The Hall–Kier alpha value is -2.65. The van der Waals surface area contributed by atoms with Gasteiger partial charge in [0.05, 0.1) is 10.6 Å². The van der Waals surface area contributed by atoms with E-state index in [1.165, 1.54) is 12.1 Å². The van der Waals surface area contributed by atoms with Gasteiger partial charge < -0.3 is 15.7 Å². The smallest absolute Gasteiger partial charge is 0.320 e. The number of hydrogen-bond donors (Lipinski definition) is 2. The number of carbonyl (C=O) groups excluding carboxylic acids is 2. The van der Waals surface area contributed by atoms with Crippen molar-refractivity contribution in [3.8, 4) is 5.75 Å². The van der Waals surface area contributed by atoms with Crippen molar-refractivity contribution in [3.05, 3.63) is 63.1 Å². The molecule has 0 aromatic heterocycles. The van der Waals surface area contributed by atoms with Crippen molar-refractivity contribution in [2.45, 2.75) is 38.8 Å². The van der Waals surface area contributed by atoms with Gasteiger partial charge in [-0.3, -0.25) is 19.3 Å². The second kappa shape index (κ2) is 11.0. The zero-order valence-corrected chi connectivity index (χ0v) is 19.4. The Balaban J connectivity index is 1.77. The molecule has 3 N–H and O–H groups in total. The van der Waals surface area contributed by atoms with Crippen LogP contribution < -0.4 is 10.6 Å². The third kappa shape index (κ3) is 6.45. The molecule has 1 unspecified atom stereocenters. The van der Waals surface area contributed by atoms with Gasteiger partial charge in [-0.1, -0.05) is 42.3 Å². The second-order valence-corrected chi connectivity index (χ2v) is 8.85. The van der Waals surface area contributed by atoms with Crippen molar-refractivity contribution in [1.82, 2.24) is 4.90 Å². The molecule has 0 fully saturated rings. The monoisotopic (exact) mass is 494 g/mol. The lowest BCUT2D eigenvalue weighted by atomic mass is 10.0. The summed E-state index contributed by atoms with van der Waals surface area (Å²) >= 11 is 12.2. The number of aryl methyl sites for hydroxylation is 1. The molecule has 1 heterocycles. The van der Waals surface area contributed by atoms with Gasteiger partial charge in [0.15, 0.2) is 5.75 Å². The van der Waals surface area contributed by atoms with Crippen LogP contribution in [-0.2, 0) is 27.5 Å². The fourth-order valence-electron chi connectivity index (χ4n) is 3.52. The van der Waals surface area contributed by atoms with Crippen LogP contribution in [0.25, 0.3) is 0 Å². The van der Waals surface area contributed by atoms with Gasteiger partial charge in [-0.05, 0) is 48.6 Å². The highest BCUT2D eigenvalue weighted by Crippen LogP contribution is 2.28. The molecule has 1 aliphatic rings. The highest BCUT2D eigenvalue weighted by molar-refractivity contribution is 6.36. The number of aliphatic carboxylic acids is 1. The van der Waals surface area contributed by atoms with E-state index < -0.39 is 23.8 Å². The Kier molecular flexibility index (Phi) is 8.31. The maximum Gasteiger partial charge on any atom is 0.320 e. The lowest BCUT2D eigenvalue weighted by Crippen LogP contribution is -2.42. The molecule has 8 nitrogen and oxygen atoms in total. The minimum Gasteiger partial charge on any atom is -0.480 e. The summed E-state index contributed by atoms with van der Waals surface area (Å²) < 4.78 is 0. The molecule has 0 bridgehead atoms. The first-order valence-electron chi connectivity index (χ1n) is 10.3. The summed E-state index contributed by atoms with van der Waals surface area (Å²) in [5.41, 5.74) is 7.49. The van der Waals surface area contributed by atoms with E-state index in [9.17, 15) is 14.4 Å². The maximum absolute atomic E-state index is 13.3. The minimum absolute atomic E-state index is 0.0113. The summed E-state index contributed by atoms with van der Waals surface area (Å²) in [6, 6.07) is 8.86. The molecule has 0 spiro atoms. The number of rotatable bonds is 9. The molecule has 0 saturated carbocycles. The topological polar surface area (TPSA) is 119 Å². The summed E-state index contributed by atoms with van der Waals surface area (Å²) in [6.45, 7) is 2.09. The molecule has 2 amide bonds. The summed E-state index contributed by atoms with van der Waals surface area (Å²) in [5, 5.41) is 9.54. The van der Waals surface area contributed by atoms with Gasteiger partial charge in [0.25, 0.3) is 5.91 Å². The number of halogens is 2. The molecule has 33 heavy (non-hydrogen) atoms. The van der Waals surface area contributed by atoms with Crippen LogP contribution in [0.5, 0.6) is 5.75 Å². The number of carboxylic acid groups (broad SMARTS) is 1. The van der Waals surface area contributed by atoms with Crippen LogP contribution in [0.1, 0.15) is 41.3 Å². The highest BCUT2D eigenvalue weighted by atomic mass is 35.5. The highest BCUT2D eigenvalue weighted by Gasteiger charge is 2.28. The summed E-state index contributed by atoms with van der Waals surface area (Å²) in [7, 11) is 0. The van der Waals surface area contributed by atoms with E-state index in [2.05, 4.69) is 0 Å². The average Bonchev–Trinajstić information content (AvgIpc) is 3.24. The number of hydrogen-bond acceptors (Lipinski definition) is 6. The van der Waals surface area contributed by atoms with E-state index in [0.29, 0.717) is 23.8 Å². The minimum atomic E-state index is -1.15. The summed E-state index contributed by atoms with van der Waals surface area (Å²) in [6.07, 6.45) is 0.505. The van der Waals surface area contributed by atoms with Crippen molar-refractivity contribution in [3.63, 3.8) is 0 Å². The molecule has 2 atom stereocenters. The van der Waals surface area contributed by atoms with Gasteiger partial charge in [0.1, 0.15) is 12.6 Å². The molecule has 0 aliphatic carbocycles. The van der Waals surface area contributed by atoms with Crippen LogP contribution in [0.15, 0.2) is 36.4 Å².